The average Bonchev–Trinajstić information content (AvgIpc) is 2.59. The van der Waals surface area contributed by atoms with E-state index in [1.54, 1.807) is 14.2 Å². The largest absolute Gasteiger partial charge is 0.467 e. The van der Waals surface area contributed by atoms with Crippen LogP contribution in [0.2, 0.25) is 78.6 Å². The fraction of sp³-hybridized carbons (Fsp3) is 1.00. The Balaban J connectivity index is -0.000000661. The van der Waals surface area contributed by atoms with Crippen LogP contribution < -0.4 is 0 Å². The third-order valence-corrected chi connectivity index (χ3v) is 38.9. The summed E-state index contributed by atoms with van der Waals surface area (Å²) in [6, 6.07) is 0. The van der Waals surface area contributed by atoms with Crippen molar-refractivity contribution in [3.63, 3.8) is 0 Å². The van der Waals surface area contributed by atoms with Crippen LogP contribution in [0.5, 0.6) is 0 Å². The molecule has 2 bridgehead atoms. The van der Waals surface area contributed by atoms with Crippen molar-refractivity contribution in [2.45, 2.75) is 108 Å². The van der Waals surface area contributed by atoms with E-state index >= 15 is 0 Å². The topological polar surface area (TPSA) is 120 Å². The lowest BCUT2D eigenvalue weighted by molar-refractivity contribution is 0.140. The molecule has 2 unspecified atom stereocenters. The van der Waals surface area contributed by atoms with Crippen LogP contribution in [0.3, 0.4) is 0 Å². The van der Waals surface area contributed by atoms with Crippen molar-refractivity contribution in [2.24, 2.45) is 0 Å². The molecule has 252 valence electrons. The maximum absolute atomic E-state index is 6.19. The van der Waals surface area contributed by atoms with Gasteiger partial charge in [0.05, 0.1) is 0 Å². The van der Waals surface area contributed by atoms with Gasteiger partial charge < -0.3 is 54.1 Å². The smallest absolute Gasteiger partial charge is 0.416 e. The Hall–Kier alpha value is 1.65. The zero-order chi connectivity index (χ0) is 28.5. The van der Waals surface area contributed by atoms with E-state index in [0.717, 1.165) is 0 Å². The molecule has 3 rings (SSSR count). The molecule has 0 N–H and O–H groups in total. The molecule has 0 saturated carbocycles. The Labute approximate surface area is 265 Å². The lowest BCUT2D eigenvalue weighted by atomic mass is 11.8. The fourth-order valence-electron chi connectivity index (χ4n) is 3.91. The van der Waals surface area contributed by atoms with Gasteiger partial charge in [-0.25, -0.2) is 0 Å². The van der Waals surface area contributed by atoms with Crippen LogP contribution in [-0.2, 0) is 54.1 Å². The lowest BCUT2D eigenvalue weighted by Gasteiger charge is -2.45. The van der Waals surface area contributed by atoms with Gasteiger partial charge in [0, 0.05) is 14.2 Å². The van der Waals surface area contributed by atoms with Gasteiger partial charge in [0.2, 0.25) is 0 Å². The Morgan fingerprint density at radius 3 is 0.805 bits per heavy atom. The molecule has 2 atom stereocenters. The zero-order valence-electron chi connectivity index (χ0n) is 24.6. The first-order chi connectivity index (χ1) is 16.6. The highest BCUT2D eigenvalue weighted by atomic mass is 28.5. The Morgan fingerprint density at radius 1 is 0.366 bits per heavy atom. The quantitative estimate of drug-likeness (QED) is 0.376. The van der Waals surface area contributed by atoms with Gasteiger partial charge in [0.1, 0.15) is 0 Å². The minimum absolute atomic E-state index is 0. The van der Waals surface area contributed by atoms with Gasteiger partial charge in [-0.3, -0.25) is 0 Å². The predicted molar refractivity (Wildman–Crippen MR) is 186 cm³/mol. The van der Waals surface area contributed by atoms with Crippen LogP contribution in [0, 0.1) is 0 Å². The van der Waals surface area contributed by atoms with E-state index in [2.05, 4.69) is 0 Å². The van der Waals surface area contributed by atoms with Gasteiger partial charge >= 0.3 is 89.5 Å². The normalized spacial score (nSPS) is 32.6. The Kier molecular flexibility index (Phi) is 20.1. The van der Waals surface area contributed by atoms with Gasteiger partial charge in [0.15, 0.2) is 0 Å². The molecule has 0 amide bonds. The van der Waals surface area contributed by atoms with Gasteiger partial charge in [0.25, 0.3) is 0 Å². The van der Waals surface area contributed by atoms with Gasteiger partial charge in [-0.15, -0.1) is 0 Å². The highest BCUT2D eigenvalue weighted by molar-refractivity contribution is 6.90. The molecule has 0 aromatic heterocycles. The first-order valence-electron chi connectivity index (χ1n) is 12.1. The summed E-state index contributed by atoms with van der Waals surface area (Å²) in [5.41, 5.74) is 0. The molecule has 3 saturated heterocycles. The summed E-state index contributed by atoms with van der Waals surface area (Å²) >= 11 is 0. The molecule has 0 aliphatic carbocycles. The van der Waals surface area contributed by atoms with Crippen molar-refractivity contribution in [2.75, 3.05) is 14.2 Å². The van der Waals surface area contributed by atoms with E-state index in [1.807, 2.05) is 78.6 Å². The second kappa shape index (κ2) is 17.5. The highest BCUT2D eigenvalue weighted by Gasteiger charge is 2.52. The monoisotopic (exact) mass is 766 g/mol. The molecule has 3 heterocycles. The second-order valence-corrected chi connectivity index (χ2v) is 41.6. The summed E-state index contributed by atoms with van der Waals surface area (Å²) in [4.78, 5) is 0. The molecule has 0 radical (unpaired) electrons. The summed E-state index contributed by atoms with van der Waals surface area (Å²) in [6.45, 7) is 23.9. The average molecular weight is 768 g/mol. The summed E-state index contributed by atoms with van der Waals surface area (Å²) in [5.74, 6) is 0. The second-order valence-electron chi connectivity index (χ2n) is 11.3. The fourth-order valence-corrected chi connectivity index (χ4v) is 41.7. The minimum atomic E-state index is -2.36. The molecule has 3 aliphatic rings. The van der Waals surface area contributed by atoms with Crippen molar-refractivity contribution >= 4 is 89.5 Å². The molecule has 13 nitrogen and oxygen atoms in total. The van der Waals surface area contributed by atoms with E-state index in [9.17, 15) is 0 Å². The molecular weight excluding hydrogens is 705 g/mol. The summed E-state index contributed by atoms with van der Waals surface area (Å²) in [5, 5.41) is 0. The third-order valence-electron chi connectivity index (χ3n) is 4.58. The zero-order valence-corrected chi connectivity index (χ0v) is 35.2. The van der Waals surface area contributed by atoms with Gasteiger partial charge in [-0.05, 0) is 78.6 Å². The molecule has 0 spiro atoms. The van der Waals surface area contributed by atoms with E-state index in [1.165, 1.54) is 0 Å². The molecular formula is C18H62O13Si10. The standard InChI is InChI=1S/C8H26O7Si6.C6H20O6Si4.4CH4/c1-18(2)10-16-9-17(12-19(3,4)14-18)13-21(7,8)15-20(5,6)11-16;1-7-13-9-14(8-2)11-16(5,6)12-15(3,4)10-13;;;;/h16-17H,1-8H3;13-14H,1-6H3;4*1H4. The van der Waals surface area contributed by atoms with Crippen LogP contribution in [0.25, 0.3) is 0 Å². The molecule has 41 heavy (non-hydrogen) atoms. The SMILES string of the molecule is C.C.C.C.CO[SiH]1O[SiH](OC)O[Si](C)(C)O[Si](C)(C)O1.C[Si]1(C)O[SiH]2O[SiH](O[Si](C)(C)O1)O[Si](C)(C)O[Si](C)(C)O2. The Morgan fingerprint density at radius 2 is 0.585 bits per heavy atom. The van der Waals surface area contributed by atoms with Crippen LogP contribution in [0.15, 0.2) is 0 Å². The maximum Gasteiger partial charge on any atom is 0.467 e. The van der Waals surface area contributed by atoms with Crippen molar-refractivity contribution in [3.05, 3.63) is 0 Å². The first-order valence-corrected chi connectivity index (χ1v) is 34.7. The summed E-state index contributed by atoms with van der Waals surface area (Å²) in [6.07, 6.45) is 0. The van der Waals surface area contributed by atoms with Crippen molar-refractivity contribution in [3.8, 4) is 0 Å². The van der Waals surface area contributed by atoms with Crippen LogP contribution in [0.1, 0.15) is 29.7 Å². The summed E-state index contributed by atoms with van der Waals surface area (Å²) in [7, 11) is -19.7. The summed E-state index contributed by atoms with van der Waals surface area (Å²) < 4.78 is 76.5. The minimum Gasteiger partial charge on any atom is -0.416 e. The maximum atomic E-state index is 6.19. The van der Waals surface area contributed by atoms with E-state index in [0.29, 0.717) is 0 Å². The van der Waals surface area contributed by atoms with E-state index in [-0.39, 0.29) is 29.7 Å². The molecule has 0 aromatic rings. The first kappa shape index (κ1) is 47.1. The number of rotatable bonds is 2. The van der Waals surface area contributed by atoms with Crippen molar-refractivity contribution < 1.29 is 54.1 Å². The van der Waals surface area contributed by atoms with Gasteiger partial charge in [-0.2, -0.15) is 0 Å². The van der Waals surface area contributed by atoms with E-state index in [4.69, 9.17) is 54.1 Å². The van der Waals surface area contributed by atoms with Gasteiger partial charge in [-0.1, -0.05) is 29.7 Å². The predicted octanol–water partition coefficient (Wildman–Crippen LogP) is 4.11. The number of fused-ring (bicyclic) bond motifs is 2. The van der Waals surface area contributed by atoms with Crippen LogP contribution >= 0.6 is 0 Å². The van der Waals surface area contributed by atoms with Crippen molar-refractivity contribution in [1.82, 2.24) is 0 Å². The Bertz CT molecular complexity index is 673. The van der Waals surface area contributed by atoms with Crippen LogP contribution in [0.4, 0.5) is 0 Å². The van der Waals surface area contributed by atoms with Crippen molar-refractivity contribution in [1.29, 1.82) is 0 Å². The van der Waals surface area contributed by atoms with E-state index < -0.39 is 89.5 Å². The third kappa shape index (κ3) is 17.2. The lowest BCUT2D eigenvalue weighted by Crippen LogP contribution is -2.65. The molecule has 3 fully saturated rings. The molecule has 0 aromatic carbocycles. The highest BCUT2D eigenvalue weighted by Crippen LogP contribution is 2.29. The number of hydrogen-bond donors (Lipinski definition) is 0. The van der Waals surface area contributed by atoms with Crippen LogP contribution in [-0.4, -0.2) is 104 Å². The molecule has 23 heteroatoms. The molecule has 3 aliphatic heterocycles. The number of hydrogen-bond acceptors (Lipinski definition) is 13.